The van der Waals surface area contributed by atoms with Crippen LogP contribution in [0.5, 0.6) is 0 Å². The molecule has 0 unspecified atom stereocenters. The predicted octanol–water partition coefficient (Wildman–Crippen LogP) is 0.0444. The minimum atomic E-state index is -0.668. The highest BCUT2D eigenvalue weighted by molar-refractivity contribution is 5.30. The van der Waals surface area contributed by atoms with Gasteiger partial charge >= 0.3 is 0 Å². The zero-order valence-electron chi connectivity index (χ0n) is 6.94. The summed E-state index contributed by atoms with van der Waals surface area (Å²) in [6.45, 7) is 1.74. The van der Waals surface area contributed by atoms with E-state index in [0.717, 1.165) is 0 Å². The van der Waals surface area contributed by atoms with Gasteiger partial charge in [-0.15, -0.1) is 0 Å². The number of nitrogen functional groups attached to an aromatic ring is 1. The Hall–Kier alpha value is -1.13. The van der Waals surface area contributed by atoms with E-state index in [2.05, 4.69) is 4.98 Å². The summed E-state index contributed by atoms with van der Waals surface area (Å²) in [5, 5.41) is 9.48. The molecule has 1 aromatic heterocycles. The van der Waals surface area contributed by atoms with E-state index >= 15 is 0 Å². The average Bonchev–Trinajstić information content (AvgIpc) is 2.04. The van der Waals surface area contributed by atoms with Crippen LogP contribution in [0.3, 0.4) is 0 Å². The summed E-state index contributed by atoms with van der Waals surface area (Å²) in [6.07, 6.45) is 0.863. The first-order chi connectivity index (χ1) is 5.61. The molecule has 1 heterocycles. The number of aromatic nitrogens is 1. The molecule has 0 amide bonds. The Morgan fingerprint density at radius 3 is 2.58 bits per heavy atom. The molecule has 0 radical (unpaired) electrons. The molecule has 4 heteroatoms. The summed E-state index contributed by atoms with van der Waals surface area (Å²) in [5.74, 6) is 0.440. The van der Waals surface area contributed by atoms with Crippen molar-refractivity contribution in [3.05, 3.63) is 23.9 Å². The van der Waals surface area contributed by atoms with Crippen LogP contribution in [-0.4, -0.2) is 16.1 Å². The molecule has 5 N–H and O–H groups in total. The van der Waals surface area contributed by atoms with Gasteiger partial charge in [0, 0.05) is 17.8 Å². The molecule has 0 aliphatic heterocycles. The van der Waals surface area contributed by atoms with Crippen molar-refractivity contribution < 1.29 is 5.11 Å². The molecule has 0 aliphatic carbocycles. The number of nitrogens with two attached hydrogens (primary N) is 2. The van der Waals surface area contributed by atoms with Crippen LogP contribution in [0.15, 0.2) is 18.3 Å². The van der Waals surface area contributed by atoms with Crippen molar-refractivity contribution >= 4 is 5.82 Å². The molecular formula is C8H13N3O. The number of aliphatic hydroxyl groups is 1. The van der Waals surface area contributed by atoms with Gasteiger partial charge in [-0.05, 0) is 13.0 Å². The molecule has 0 aromatic carbocycles. The van der Waals surface area contributed by atoms with Crippen LogP contribution in [0.4, 0.5) is 5.82 Å². The highest BCUT2D eigenvalue weighted by atomic mass is 16.3. The molecular weight excluding hydrogens is 154 g/mol. The van der Waals surface area contributed by atoms with E-state index in [1.54, 1.807) is 19.1 Å². The number of rotatable bonds is 2. The molecule has 0 saturated carbocycles. The van der Waals surface area contributed by atoms with Gasteiger partial charge in [-0.1, -0.05) is 6.07 Å². The van der Waals surface area contributed by atoms with Crippen molar-refractivity contribution in [1.82, 2.24) is 4.98 Å². The van der Waals surface area contributed by atoms with Gasteiger partial charge in [0.05, 0.1) is 6.10 Å². The van der Waals surface area contributed by atoms with Crippen LogP contribution >= 0.6 is 0 Å². The number of hydrogen-bond donors (Lipinski definition) is 3. The first kappa shape index (κ1) is 8.96. The fraction of sp³-hybridized carbons (Fsp3) is 0.375. The second-order valence-electron chi connectivity index (χ2n) is 2.82. The molecule has 2 atom stereocenters. The standard InChI is InChI=1S/C8H13N3O/c1-5(9)8(12)6-2-3-7(10)11-4-6/h2-5,8,12H,9H2,1H3,(H2,10,11)/t5-,8-/m0/s1. The topological polar surface area (TPSA) is 85.2 Å². The molecule has 1 aromatic rings. The first-order valence-electron chi connectivity index (χ1n) is 3.76. The lowest BCUT2D eigenvalue weighted by Gasteiger charge is -2.13. The fourth-order valence-electron chi connectivity index (χ4n) is 0.895. The van der Waals surface area contributed by atoms with Crippen LogP contribution in [0.25, 0.3) is 0 Å². The van der Waals surface area contributed by atoms with Crippen molar-refractivity contribution in [3.63, 3.8) is 0 Å². The number of anilines is 1. The van der Waals surface area contributed by atoms with Gasteiger partial charge in [-0.2, -0.15) is 0 Å². The average molecular weight is 167 g/mol. The Labute approximate surface area is 71.2 Å². The molecule has 0 aliphatic rings. The SMILES string of the molecule is C[C@H](N)[C@H](O)c1ccc(N)nc1. The van der Waals surface area contributed by atoms with E-state index in [1.165, 1.54) is 6.20 Å². The van der Waals surface area contributed by atoms with Crippen LogP contribution in [0.2, 0.25) is 0 Å². The third-order valence-corrected chi connectivity index (χ3v) is 1.65. The van der Waals surface area contributed by atoms with Crippen LogP contribution in [0, 0.1) is 0 Å². The molecule has 12 heavy (non-hydrogen) atoms. The zero-order chi connectivity index (χ0) is 9.14. The van der Waals surface area contributed by atoms with Gasteiger partial charge in [0.15, 0.2) is 0 Å². The first-order valence-corrected chi connectivity index (χ1v) is 3.76. The van der Waals surface area contributed by atoms with E-state index in [4.69, 9.17) is 11.5 Å². The zero-order valence-corrected chi connectivity index (χ0v) is 6.94. The van der Waals surface area contributed by atoms with Crippen LogP contribution < -0.4 is 11.5 Å². The Morgan fingerprint density at radius 1 is 1.50 bits per heavy atom. The molecule has 0 bridgehead atoms. The minimum absolute atomic E-state index is 0.296. The Morgan fingerprint density at radius 2 is 2.17 bits per heavy atom. The lowest BCUT2D eigenvalue weighted by molar-refractivity contribution is 0.153. The van der Waals surface area contributed by atoms with Crippen molar-refractivity contribution in [2.24, 2.45) is 5.73 Å². The summed E-state index contributed by atoms with van der Waals surface area (Å²) in [5.41, 5.74) is 11.6. The largest absolute Gasteiger partial charge is 0.387 e. The molecule has 66 valence electrons. The number of aliphatic hydroxyl groups excluding tert-OH is 1. The Bertz CT molecular complexity index is 245. The summed E-state index contributed by atoms with van der Waals surface area (Å²) < 4.78 is 0. The van der Waals surface area contributed by atoms with Gasteiger partial charge in [0.2, 0.25) is 0 Å². The highest BCUT2D eigenvalue weighted by Gasteiger charge is 2.11. The maximum atomic E-state index is 9.48. The van der Waals surface area contributed by atoms with E-state index in [9.17, 15) is 5.11 Å². The molecule has 0 fully saturated rings. The monoisotopic (exact) mass is 167 g/mol. The van der Waals surface area contributed by atoms with Crippen LogP contribution in [-0.2, 0) is 0 Å². The van der Waals surface area contributed by atoms with Crippen LogP contribution in [0.1, 0.15) is 18.6 Å². The second kappa shape index (κ2) is 3.51. The third-order valence-electron chi connectivity index (χ3n) is 1.65. The second-order valence-corrected chi connectivity index (χ2v) is 2.82. The quantitative estimate of drug-likeness (QED) is 0.580. The van der Waals surface area contributed by atoms with Crippen molar-refractivity contribution in [2.75, 3.05) is 5.73 Å². The third kappa shape index (κ3) is 1.93. The van der Waals surface area contributed by atoms with Gasteiger partial charge < -0.3 is 16.6 Å². The maximum absolute atomic E-state index is 9.48. The summed E-state index contributed by atoms with van der Waals surface area (Å²) in [7, 11) is 0. The normalized spacial score (nSPS) is 15.6. The molecule has 0 spiro atoms. The van der Waals surface area contributed by atoms with Gasteiger partial charge in [-0.25, -0.2) is 4.98 Å². The summed E-state index contributed by atoms with van der Waals surface area (Å²) >= 11 is 0. The molecule has 0 saturated heterocycles. The van der Waals surface area contributed by atoms with Gasteiger partial charge in [-0.3, -0.25) is 0 Å². The van der Waals surface area contributed by atoms with E-state index in [1.807, 2.05) is 0 Å². The van der Waals surface area contributed by atoms with Crippen molar-refractivity contribution in [2.45, 2.75) is 19.1 Å². The van der Waals surface area contributed by atoms with Gasteiger partial charge in [0.1, 0.15) is 5.82 Å². The molecule has 1 rings (SSSR count). The fourth-order valence-corrected chi connectivity index (χ4v) is 0.895. The molecule has 4 nitrogen and oxygen atoms in total. The van der Waals surface area contributed by atoms with E-state index in [0.29, 0.717) is 11.4 Å². The van der Waals surface area contributed by atoms with Gasteiger partial charge in [0.25, 0.3) is 0 Å². The summed E-state index contributed by atoms with van der Waals surface area (Å²) in [4.78, 5) is 3.84. The lowest BCUT2D eigenvalue weighted by atomic mass is 10.1. The van der Waals surface area contributed by atoms with Crippen molar-refractivity contribution in [1.29, 1.82) is 0 Å². The smallest absolute Gasteiger partial charge is 0.123 e. The Kier molecular flexibility index (Phi) is 2.62. The predicted molar refractivity (Wildman–Crippen MR) is 47.3 cm³/mol. The summed E-state index contributed by atoms with van der Waals surface area (Å²) in [6, 6.07) is 3.06. The van der Waals surface area contributed by atoms with E-state index < -0.39 is 6.10 Å². The van der Waals surface area contributed by atoms with Crippen molar-refractivity contribution in [3.8, 4) is 0 Å². The lowest BCUT2D eigenvalue weighted by Crippen LogP contribution is -2.24. The Balaban J connectivity index is 2.82. The maximum Gasteiger partial charge on any atom is 0.123 e. The number of pyridine rings is 1. The highest BCUT2D eigenvalue weighted by Crippen LogP contribution is 2.14. The number of nitrogens with zero attached hydrogens (tertiary/aromatic N) is 1. The van der Waals surface area contributed by atoms with E-state index in [-0.39, 0.29) is 6.04 Å². The minimum Gasteiger partial charge on any atom is -0.387 e. The number of hydrogen-bond acceptors (Lipinski definition) is 4.